The third kappa shape index (κ3) is 4.79. The lowest BCUT2D eigenvalue weighted by molar-refractivity contribution is -0.385. The van der Waals surface area contributed by atoms with Gasteiger partial charge in [0.25, 0.3) is 5.91 Å². The van der Waals surface area contributed by atoms with Crippen LogP contribution in [0.4, 0.5) is 5.69 Å². The van der Waals surface area contributed by atoms with Crippen LogP contribution < -0.4 is 10.1 Å². The van der Waals surface area contributed by atoms with Crippen LogP contribution in [-0.2, 0) is 16.1 Å². The molecule has 0 spiro atoms. The summed E-state index contributed by atoms with van der Waals surface area (Å²) < 4.78 is 9.96. The van der Waals surface area contributed by atoms with Gasteiger partial charge in [-0.1, -0.05) is 30.3 Å². The molecule has 1 atom stereocenters. The topological polar surface area (TPSA) is 108 Å². The molecule has 0 aliphatic rings. The molecule has 0 aliphatic heterocycles. The van der Waals surface area contributed by atoms with Gasteiger partial charge in [0.15, 0.2) is 11.9 Å². The Balaban J connectivity index is 1.98. The van der Waals surface area contributed by atoms with E-state index in [0.29, 0.717) is 6.54 Å². The molecule has 136 valence electrons. The molecule has 26 heavy (non-hydrogen) atoms. The summed E-state index contributed by atoms with van der Waals surface area (Å²) in [7, 11) is 1.29. The number of methoxy groups -OCH3 is 1. The minimum Gasteiger partial charge on any atom is -0.490 e. The van der Waals surface area contributed by atoms with E-state index in [1.54, 1.807) is 0 Å². The van der Waals surface area contributed by atoms with Gasteiger partial charge in [0, 0.05) is 12.6 Å². The van der Waals surface area contributed by atoms with Crippen molar-refractivity contribution in [1.29, 1.82) is 0 Å². The van der Waals surface area contributed by atoms with E-state index in [9.17, 15) is 19.7 Å². The molecule has 2 aromatic rings. The maximum absolute atomic E-state index is 12.1. The first-order valence-electron chi connectivity index (χ1n) is 7.77. The fourth-order valence-corrected chi connectivity index (χ4v) is 2.17. The molecule has 0 aromatic heterocycles. The average Bonchev–Trinajstić information content (AvgIpc) is 2.66. The van der Waals surface area contributed by atoms with Gasteiger partial charge < -0.3 is 14.8 Å². The summed E-state index contributed by atoms with van der Waals surface area (Å²) in [5.74, 6) is -1.27. The first-order chi connectivity index (χ1) is 12.4. The summed E-state index contributed by atoms with van der Waals surface area (Å²) in [6, 6.07) is 13.0. The van der Waals surface area contributed by atoms with Crippen molar-refractivity contribution < 1.29 is 24.0 Å². The van der Waals surface area contributed by atoms with Gasteiger partial charge in [-0.25, -0.2) is 4.79 Å². The highest BCUT2D eigenvalue weighted by molar-refractivity contribution is 5.93. The summed E-state index contributed by atoms with van der Waals surface area (Å²) >= 11 is 0. The monoisotopic (exact) mass is 358 g/mol. The number of benzene rings is 2. The van der Waals surface area contributed by atoms with Crippen molar-refractivity contribution in [3.8, 4) is 5.75 Å². The molecule has 8 nitrogen and oxygen atoms in total. The normalized spacial score (nSPS) is 11.3. The van der Waals surface area contributed by atoms with Crippen LogP contribution in [0.2, 0.25) is 0 Å². The van der Waals surface area contributed by atoms with Crippen LogP contribution in [-0.4, -0.2) is 30.0 Å². The highest BCUT2D eigenvalue weighted by atomic mass is 16.6. The zero-order valence-electron chi connectivity index (χ0n) is 14.3. The van der Waals surface area contributed by atoms with E-state index in [0.717, 1.165) is 11.6 Å². The van der Waals surface area contributed by atoms with Gasteiger partial charge in [-0.3, -0.25) is 14.9 Å². The third-order valence-electron chi connectivity index (χ3n) is 3.57. The Hall–Kier alpha value is -3.42. The third-order valence-corrected chi connectivity index (χ3v) is 3.57. The molecular formula is C18H18N2O6. The second-order valence-electron chi connectivity index (χ2n) is 5.39. The van der Waals surface area contributed by atoms with Crippen LogP contribution >= 0.6 is 0 Å². The molecule has 0 saturated carbocycles. The van der Waals surface area contributed by atoms with Crippen molar-refractivity contribution in [3.05, 3.63) is 69.8 Å². The zero-order valence-corrected chi connectivity index (χ0v) is 14.3. The number of ether oxygens (including phenoxy) is 2. The van der Waals surface area contributed by atoms with Crippen molar-refractivity contribution in [2.24, 2.45) is 0 Å². The Labute approximate surface area is 149 Å². The number of nitrogens with one attached hydrogen (secondary N) is 1. The number of rotatable bonds is 7. The Bertz CT molecular complexity index is 807. The fraction of sp³-hybridized carbons (Fsp3) is 0.222. The van der Waals surface area contributed by atoms with E-state index in [2.05, 4.69) is 5.32 Å². The molecule has 0 aliphatic carbocycles. The second-order valence-corrected chi connectivity index (χ2v) is 5.39. The largest absolute Gasteiger partial charge is 0.490 e. The molecular weight excluding hydrogens is 340 g/mol. The average molecular weight is 358 g/mol. The number of hydrogen-bond acceptors (Lipinski definition) is 6. The molecule has 0 bridgehead atoms. The number of nitro groups is 1. The molecule has 1 amide bonds. The van der Waals surface area contributed by atoms with Gasteiger partial charge in [-0.15, -0.1) is 0 Å². The Morgan fingerprint density at radius 2 is 1.88 bits per heavy atom. The Kier molecular flexibility index (Phi) is 6.26. The smallest absolute Gasteiger partial charge is 0.339 e. The number of carbonyl (C=O) groups excluding carboxylic acids is 2. The van der Waals surface area contributed by atoms with Crippen LogP contribution in [0.1, 0.15) is 22.8 Å². The van der Waals surface area contributed by atoms with E-state index >= 15 is 0 Å². The fourth-order valence-electron chi connectivity index (χ4n) is 2.17. The first-order valence-corrected chi connectivity index (χ1v) is 7.77. The number of esters is 1. The van der Waals surface area contributed by atoms with E-state index in [1.165, 1.54) is 26.2 Å². The van der Waals surface area contributed by atoms with E-state index < -0.39 is 22.9 Å². The van der Waals surface area contributed by atoms with Gasteiger partial charge in [-0.2, -0.15) is 0 Å². The van der Waals surface area contributed by atoms with E-state index in [1.807, 2.05) is 30.3 Å². The molecule has 0 unspecified atom stereocenters. The van der Waals surface area contributed by atoms with Crippen LogP contribution in [0, 0.1) is 10.1 Å². The summed E-state index contributed by atoms with van der Waals surface area (Å²) in [4.78, 5) is 34.5. The molecule has 0 saturated heterocycles. The van der Waals surface area contributed by atoms with Crippen molar-refractivity contribution in [2.45, 2.75) is 19.6 Å². The van der Waals surface area contributed by atoms with Crippen molar-refractivity contribution in [1.82, 2.24) is 5.32 Å². The Morgan fingerprint density at radius 3 is 2.50 bits per heavy atom. The number of nitrogens with zero attached hydrogens (tertiary/aromatic N) is 1. The zero-order chi connectivity index (χ0) is 19.1. The predicted octanol–water partition coefficient (Wildman–Crippen LogP) is 2.47. The molecule has 0 heterocycles. The van der Waals surface area contributed by atoms with Gasteiger partial charge in [0.05, 0.1) is 17.6 Å². The number of carbonyl (C=O) groups is 2. The molecule has 1 N–H and O–H groups in total. The predicted molar refractivity (Wildman–Crippen MR) is 92.8 cm³/mol. The van der Waals surface area contributed by atoms with E-state index in [4.69, 9.17) is 9.47 Å². The lowest BCUT2D eigenvalue weighted by Gasteiger charge is -2.14. The maximum atomic E-state index is 12.1. The van der Waals surface area contributed by atoms with Crippen molar-refractivity contribution >= 4 is 17.6 Å². The number of hydrogen-bond donors (Lipinski definition) is 1. The first kappa shape index (κ1) is 18.9. The van der Waals surface area contributed by atoms with Gasteiger partial charge >= 0.3 is 11.7 Å². The molecule has 8 heteroatoms. The molecule has 0 radical (unpaired) electrons. The minimum absolute atomic E-state index is 0.0280. The van der Waals surface area contributed by atoms with Crippen LogP contribution in [0.15, 0.2) is 48.5 Å². The molecule has 2 rings (SSSR count). The Morgan fingerprint density at radius 1 is 1.19 bits per heavy atom. The highest BCUT2D eigenvalue weighted by Crippen LogP contribution is 2.27. The molecule has 2 aromatic carbocycles. The van der Waals surface area contributed by atoms with Crippen LogP contribution in [0.3, 0.4) is 0 Å². The van der Waals surface area contributed by atoms with E-state index in [-0.39, 0.29) is 17.0 Å². The summed E-state index contributed by atoms with van der Waals surface area (Å²) in [6.45, 7) is 1.73. The minimum atomic E-state index is -1.05. The summed E-state index contributed by atoms with van der Waals surface area (Å²) in [6.07, 6.45) is -1.05. The summed E-state index contributed by atoms with van der Waals surface area (Å²) in [5, 5.41) is 13.7. The second kappa shape index (κ2) is 8.61. The van der Waals surface area contributed by atoms with Crippen molar-refractivity contribution in [3.63, 3.8) is 0 Å². The highest BCUT2D eigenvalue weighted by Gasteiger charge is 2.22. The SMILES string of the molecule is COc1ccc(C(=O)O[C@H](C)C(=O)NCc2ccccc2)cc1[N+](=O)[O-]. The van der Waals surface area contributed by atoms with Gasteiger partial charge in [0.2, 0.25) is 0 Å². The number of nitro benzene ring substituents is 1. The summed E-state index contributed by atoms with van der Waals surface area (Å²) in [5.41, 5.74) is 0.508. The van der Waals surface area contributed by atoms with Crippen molar-refractivity contribution in [2.75, 3.05) is 7.11 Å². The van der Waals surface area contributed by atoms with Gasteiger partial charge in [0.1, 0.15) is 0 Å². The maximum Gasteiger partial charge on any atom is 0.339 e. The standard InChI is InChI=1S/C18H18N2O6/c1-12(17(21)19-11-13-6-4-3-5-7-13)26-18(22)14-8-9-16(25-2)15(10-14)20(23)24/h3-10,12H,11H2,1-2H3,(H,19,21)/t12-/m1/s1. The lowest BCUT2D eigenvalue weighted by Crippen LogP contribution is -2.35. The van der Waals surface area contributed by atoms with Crippen LogP contribution in [0.25, 0.3) is 0 Å². The van der Waals surface area contributed by atoms with Gasteiger partial charge in [-0.05, 0) is 24.6 Å². The number of amides is 1. The quantitative estimate of drug-likeness (QED) is 0.463. The van der Waals surface area contributed by atoms with Crippen LogP contribution in [0.5, 0.6) is 5.75 Å². The molecule has 0 fully saturated rings. The lowest BCUT2D eigenvalue weighted by atomic mass is 10.2.